The van der Waals surface area contributed by atoms with Crippen molar-refractivity contribution in [2.24, 2.45) is 0 Å². The summed E-state index contributed by atoms with van der Waals surface area (Å²) >= 11 is 0. The molecular formula is C25H27F3O2. The normalized spacial score (nSPS) is 18.2. The van der Waals surface area contributed by atoms with Gasteiger partial charge in [0.25, 0.3) is 0 Å². The van der Waals surface area contributed by atoms with Crippen LogP contribution in [0.4, 0.5) is 13.2 Å². The highest BCUT2D eigenvalue weighted by molar-refractivity contribution is 5.56. The largest absolute Gasteiger partial charge is 0.488 e. The van der Waals surface area contributed by atoms with E-state index in [4.69, 9.17) is 11.2 Å². The van der Waals surface area contributed by atoms with Gasteiger partial charge in [0, 0.05) is 11.1 Å². The number of aliphatic hydroxyl groups is 1. The molecule has 1 aliphatic rings. The Morgan fingerprint density at radius 1 is 1.03 bits per heavy atom. The number of aliphatic hydroxyl groups excluding tert-OH is 1. The second-order valence-electron chi connectivity index (χ2n) is 9.23. The van der Waals surface area contributed by atoms with Crippen LogP contribution in [-0.4, -0.2) is 5.11 Å². The molecule has 1 aliphatic carbocycles. The summed E-state index contributed by atoms with van der Waals surface area (Å²) in [5, 5.41) is 10.4. The van der Waals surface area contributed by atoms with Gasteiger partial charge >= 0.3 is 6.18 Å². The molecule has 30 heavy (non-hydrogen) atoms. The van der Waals surface area contributed by atoms with Gasteiger partial charge in [-0.1, -0.05) is 57.9 Å². The molecule has 3 rings (SSSR count). The van der Waals surface area contributed by atoms with Crippen LogP contribution in [0.25, 0.3) is 0 Å². The summed E-state index contributed by atoms with van der Waals surface area (Å²) in [5.74, 6) is 2.89. The van der Waals surface area contributed by atoms with Crippen LogP contribution in [0.3, 0.4) is 0 Å². The zero-order valence-corrected chi connectivity index (χ0v) is 17.7. The minimum Gasteiger partial charge on any atom is -0.488 e. The molecule has 2 aromatic carbocycles. The lowest BCUT2D eigenvalue weighted by Crippen LogP contribution is -2.34. The van der Waals surface area contributed by atoms with Crippen LogP contribution in [0.1, 0.15) is 74.5 Å². The molecule has 0 saturated heterocycles. The highest BCUT2D eigenvalue weighted by Gasteiger charge is 2.40. The van der Waals surface area contributed by atoms with Gasteiger partial charge in [-0.2, -0.15) is 13.2 Å². The van der Waals surface area contributed by atoms with Gasteiger partial charge in [-0.05, 0) is 46.9 Å². The zero-order chi connectivity index (χ0) is 22.3. The van der Waals surface area contributed by atoms with Crippen molar-refractivity contribution in [2.45, 2.75) is 70.3 Å². The predicted molar refractivity (Wildman–Crippen MR) is 111 cm³/mol. The van der Waals surface area contributed by atoms with Crippen molar-refractivity contribution in [3.63, 3.8) is 0 Å². The molecule has 2 aromatic rings. The van der Waals surface area contributed by atoms with E-state index in [1.165, 1.54) is 12.1 Å². The minimum absolute atomic E-state index is 0.0586. The van der Waals surface area contributed by atoms with Gasteiger partial charge in [-0.15, -0.1) is 6.42 Å². The van der Waals surface area contributed by atoms with Crippen molar-refractivity contribution in [3.8, 4) is 18.1 Å². The van der Waals surface area contributed by atoms with Gasteiger partial charge in [-0.3, -0.25) is 0 Å². The monoisotopic (exact) mass is 416 g/mol. The maximum absolute atomic E-state index is 12.8. The third-order valence-corrected chi connectivity index (χ3v) is 6.09. The lowest BCUT2D eigenvalue weighted by molar-refractivity contribution is -0.137. The molecule has 0 aromatic heterocycles. The number of halogens is 3. The number of rotatable bonds is 4. The highest BCUT2D eigenvalue weighted by Crippen LogP contribution is 2.51. The number of hydrogen-bond donors (Lipinski definition) is 1. The molecular weight excluding hydrogens is 389 g/mol. The first-order valence-corrected chi connectivity index (χ1v) is 9.98. The van der Waals surface area contributed by atoms with E-state index in [9.17, 15) is 18.3 Å². The van der Waals surface area contributed by atoms with Gasteiger partial charge in [-0.25, -0.2) is 0 Å². The van der Waals surface area contributed by atoms with Crippen molar-refractivity contribution >= 4 is 0 Å². The Morgan fingerprint density at radius 2 is 1.63 bits per heavy atom. The molecule has 1 unspecified atom stereocenters. The predicted octanol–water partition coefficient (Wildman–Crippen LogP) is 6.30. The van der Waals surface area contributed by atoms with Crippen LogP contribution in [0.5, 0.6) is 5.75 Å². The number of alkyl halides is 3. The summed E-state index contributed by atoms with van der Waals surface area (Å²) in [7, 11) is 0. The molecule has 0 aliphatic heterocycles. The molecule has 0 bridgehead atoms. The van der Waals surface area contributed by atoms with Crippen LogP contribution >= 0.6 is 0 Å². The number of benzene rings is 2. The summed E-state index contributed by atoms with van der Waals surface area (Å²) in [5.41, 5.74) is 2.33. The van der Waals surface area contributed by atoms with Crippen LogP contribution in [0, 0.1) is 12.3 Å². The summed E-state index contributed by atoms with van der Waals surface area (Å²) in [4.78, 5) is 0. The Labute approximate surface area is 176 Å². The number of terminal acetylenes is 1. The second-order valence-corrected chi connectivity index (χ2v) is 9.23. The third-order valence-electron chi connectivity index (χ3n) is 6.09. The fourth-order valence-corrected chi connectivity index (χ4v) is 4.13. The standard InChI is InChI=1S/C25H27F3O2/c1-6-20(29)18-11-12-19-21(24(4,5)14-13-23(19,2)3)22(18)30-15-16-7-9-17(10-8-16)25(26,27)28/h1,7-12,20,29H,13-15H2,2-5H3. The topological polar surface area (TPSA) is 29.5 Å². The molecule has 0 heterocycles. The van der Waals surface area contributed by atoms with E-state index in [1.807, 2.05) is 6.07 Å². The lowest BCUT2D eigenvalue weighted by Gasteiger charge is -2.43. The van der Waals surface area contributed by atoms with E-state index < -0.39 is 17.8 Å². The molecule has 0 spiro atoms. The maximum atomic E-state index is 12.8. The zero-order valence-electron chi connectivity index (χ0n) is 17.7. The van der Waals surface area contributed by atoms with Crippen LogP contribution in [0.15, 0.2) is 36.4 Å². The Bertz CT molecular complexity index is 964. The van der Waals surface area contributed by atoms with Crippen LogP contribution in [0.2, 0.25) is 0 Å². The van der Waals surface area contributed by atoms with Crippen molar-refractivity contribution in [1.82, 2.24) is 0 Å². The van der Waals surface area contributed by atoms with Gasteiger partial charge in [0.05, 0.1) is 5.56 Å². The number of fused-ring (bicyclic) bond motifs is 1. The van der Waals surface area contributed by atoms with E-state index in [0.717, 1.165) is 36.1 Å². The molecule has 0 saturated carbocycles. The maximum Gasteiger partial charge on any atom is 0.416 e. The molecule has 0 fully saturated rings. The van der Waals surface area contributed by atoms with Crippen molar-refractivity contribution in [3.05, 3.63) is 64.2 Å². The Morgan fingerprint density at radius 3 is 2.20 bits per heavy atom. The lowest BCUT2D eigenvalue weighted by atomic mass is 9.62. The van der Waals surface area contributed by atoms with Gasteiger partial charge < -0.3 is 9.84 Å². The average Bonchev–Trinajstić information content (AvgIpc) is 2.68. The third kappa shape index (κ3) is 4.20. The van der Waals surface area contributed by atoms with E-state index >= 15 is 0 Å². The fraction of sp³-hybridized carbons (Fsp3) is 0.440. The summed E-state index contributed by atoms with van der Waals surface area (Å²) < 4.78 is 44.6. The van der Waals surface area contributed by atoms with Gasteiger partial charge in [0.1, 0.15) is 18.5 Å². The highest BCUT2D eigenvalue weighted by atomic mass is 19.4. The van der Waals surface area contributed by atoms with Crippen LogP contribution in [-0.2, 0) is 23.6 Å². The molecule has 2 nitrogen and oxygen atoms in total. The first-order chi connectivity index (χ1) is 13.9. The fourth-order valence-electron chi connectivity index (χ4n) is 4.13. The van der Waals surface area contributed by atoms with Crippen molar-refractivity contribution < 1.29 is 23.0 Å². The SMILES string of the molecule is C#CC(O)c1ccc2c(c1OCc1ccc(C(F)(F)F)cc1)C(C)(C)CCC2(C)C. The molecule has 1 N–H and O–H groups in total. The van der Waals surface area contributed by atoms with E-state index in [0.29, 0.717) is 16.9 Å². The Balaban J connectivity index is 2.03. The Hall–Kier alpha value is -2.45. The van der Waals surface area contributed by atoms with E-state index in [1.54, 1.807) is 6.07 Å². The van der Waals surface area contributed by atoms with E-state index in [2.05, 4.69) is 33.6 Å². The molecule has 1 atom stereocenters. The van der Waals surface area contributed by atoms with Gasteiger partial charge in [0.2, 0.25) is 0 Å². The quantitative estimate of drug-likeness (QED) is 0.593. The molecule has 160 valence electrons. The second kappa shape index (κ2) is 7.67. The van der Waals surface area contributed by atoms with E-state index in [-0.39, 0.29) is 17.4 Å². The molecule has 0 amide bonds. The first kappa shape index (κ1) is 22.2. The molecule has 5 heteroatoms. The summed E-state index contributed by atoms with van der Waals surface area (Å²) in [6.07, 6.45) is 1.93. The smallest absolute Gasteiger partial charge is 0.416 e. The summed E-state index contributed by atoms with van der Waals surface area (Å²) in [6.45, 7) is 8.71. The average molecular weight is 416 g/mol. The summed E-state index contributed by atoms with van der Waals surface area (Å²) in [6, 6.07) is 8.72. The molecule has 0 radical (unpaired) electrons. The number of ether oxygens (including phenoxy) is 1. The van der Waals surface area contributed by atoms with Crippen molar-refractivity contribution in [2.75, 3.05) is 0 Å². The first-order valence-electron chi connectivity index (χ1n) is 9.98. The van der Waals surface area contributed by atoms with Gasteiger partial charge in [0.15, 0.2) is 0 Å². The van der Waals surface area contributed by atoms with Crippen LogP contribution < -0.4 is 4.74 Å². The Kier molecular flexibility index (Phi) is 5.68. The number of hydrogen-bond acceptors (Lipinski definition) is 2. The minimum atomic E-state index is -4.38. The van der Waals surface area contributed by atoms with Crippen molar-refractivity contribution in [1.29, 1.82) is 0 Å².